The molecule has 0 aliphatic carbocycles. The summed E-state index contributed by atoms with van der Waals surface area (Å²) in [5.41, 5.74) is 5.04. The molecule has 3 N–H and O–H groups in total. The predicted octanol–water partition coefficient (Wildman–Crippen LogP) is -0.323. The maximum atomic E-state index is 9.67. The van der Waals surface area contributed by atoms with Crippen molar-refractivity contribution in [2.24, 2.45) is 5.73 Å². The fourth-order valence-corrected chi connectivity index (χ4v) is 0.121. The van der Waals surface area contributed by atoms with Crippen molar-refractivity contribution < 1.29 is 4.79 Å². The van der Waals surface area contributed by atoms with Gasteiger partial charge in [-0.2, -0.15) is 0 Å². The van der Waals surface area contributed by atoms with E-state index >= 15 is 0 Å². The molecule has 0 aromatic rings. The van der Waals surface area contributed by atoms with Crippen LogP contribution in [0, 0.1) is 5.41 Å². The Morgan fingerprint density at radius 1 is 1.71 bits per heavy atom. The molecule has 7 heavy (non-hydrogen) atoms. The van der Waals surface area contributed by atoms with Crippen molar-refractivity contribution in [2.45, 2.75) is 0 Å². The largest absolute Gasteiger partial charge is 0.404 e. The normalized spacial score (nSPS) is 10.6. The van der Waals surface area contributed by atoms with E-state index in [0.29, 0.717) is 6.29 Å². The number of carbonyl (C=O) groups excluding carboxylic acids is 1. The first-order chi connectivity index (χ1) is 3.35. The van der Waals surface area contributed by atoms with Gasteiger partial charge < -0.3 is 11.1 Å². The molecule has 3 nitrogen and oxygen atoms in total. The second-order valence-electron chi connectivity index (χ2n) is 0.929. The summed E-state index contributed by atoms with van der Waals surface area (Å²) >= 11 is 0. The summed E-state index contributed by atoms with van der Waals surface area (Å²) in [4.78, 5) is 9.67. The lowest BCUT2D eigenvalue weighted by Gasteiger charge is -1.76. The van der Waals surface area contributed by atoms with Crippen LogP contribution in [0.25, 0.3) is 0 Å². The Hall–Kier alpha value is -1.12. The minimum Gasteiger partial charge on any atom is -0.404 e. The molecule has 0 aliphatic heterocycles. The summed E-state index contributed by atoms with van der Waals surface area (Å²) < 4.78 is 0. The molecule has 0 saturated carbocycles. The molecule has 0 bridgehead atoms. The first-order valence-electron chi connectivity index (χ1n) is 1.72. The van der Waals surface area contributed by atoms with Gasteiger partial charge in [-0.05, 0) is 0 Å². The minimum absolute atomic E-state index is 0.194. The molecule has 0 spiro atoms. The fraction of sp³-hybridized carbons (Fsp3) is 0. The van der Waals surface area contributed by atoms with Crippen molar-refractivity contribution in [3.8, 4) is 0 Å². The van der Waals surface area contributed by atoms with Gasteiger partial charge in [-0.1, -0.05) is 0 Å². The monoisotopic (exact) mass is 98.0 g/mol. The molecule has 0 rings (SSSR count). The van der Waals surface area contributed by atoms with E-state index in [2.05, 4.69) is 0 Å². The topological polar surface area (TPSA) is 66.9 Å². The van der Waals surface area contributed by atoms with Crippen LogP contribution in [0.15, 0.2) is 11.8 Å². The van der Waals surface area contributed by atoms with Crippen LogP contribution in [0.3, 0.4) is 0 Å². The third-order valence-corrected chi connectivity index (χ3v) is 0.495. The van der Waals surface area contributed by atoms with Crippen molar-refractivity contribution in [3.05, 3.63) is 11.8 Å². The highest BCUT2D eigenvalue weighted by Gasteiger charge is 1.80. The van der Waals surface area contributed by atoms with E-state index in [1.807, 2.05) is 0 Å². The van der Waals surface area contributed by atoms with Crippen LogP contribution >= 0.6 is 0 Å². The Labute approximate surface area is 41.3 Å². The molecule has 0 aromatic carbocycles. The molecule has 0 radical (unpaired) electrons. The molecule has 0 aliphatic rings. The van der Waals surface area contributed by atoms with Crippen LogP contribution in [0.5, 0.6) is 0 Å². The average Bonchev–Trinajstić information content (AvgIpc) is 1.72. The Morgan fingerprint density at radius 2 is 2.29 bits per heavy atom. The van der Waals surface area contributed by atoms with E-state index in [9.17, 15) is 4.79 Å². The van der Waals surface area contributed by atoms with Crippen molar-refractivity contribution in [1.82, 2.24) is 0 Å². The van der Waals surface area contributed by atoms with Gasteiger partial charge in [0.1, 0.15) is 0 Å². The summed E-state index contributed by atoms with van der Waals surface area (Å²) in [5, 5.41) is 6.46. The van der Waals surface area contributed by atoms with Crippen LogP contribution in [0.1, 0.15) is 0 Å². The van der Waals surface area contributed by atoms with Crippen LogP contribution in [-0.4, -0.2) is 12.5 Å². The summed E-state index contributed by atoms with van der Waals surface area (Å²) in [6.07, 6.45) is 2.50. The number of nitrogens with two attached hydrogens (primary N) is 1. The highest BCUT2D eigenvalue weighted by Crippen LogP contribution is 1.73. The second-order valence-corrected chi connectivity index (χ2v) is 0.929. The van der Waals surface area contributed by atoms with Crippen molar-refractivity contribution >= 4 is 12.5 Å². The van der Waals surface area contributed by atoms with Gasteiger partial charge in [0.25, 0.3) is 0 Å². The molecule has 0 atom stereocenters. The molecule has 0 aromatic heterocycles. The highest BCUT2D eigenvalue weighted by molar-refractivity contribution is 6.00. The molecule has 38 valence electrons. The molecular formula is C4H6N2O. The number of rotatable bonds is 2. The molecule has 0 amide bonds. The predicted molar refractivity (Wildman–Crippen MR) is 27.1 cm³/mol. The lowest BCUT2D eigenvalue weighted by atomic mass is 10.4. The Balaban J connectivity index is 3.85. The SMILES string of the molecule is N=C/C(C=O)=C\N. The zero-order valence-corrected chi connectivity index (χ0v) is 3.72. The average molecular weight is 98.1 g/mol. The smallest absolute Gasteiger partial charge is 0.153 e. The van der Waals surface area contributed by atoms with Gasteiger partial charge in [-0.3, -0.25) is 4.79 Å². The zero-order chi connectivity index (χ0) is 5.70. The Kier molecular flexibility index (Phi) is 2.59. The summed E-state index contributed by atoms with van der Waals surface area (Å²) in [5.74, 6) is 0. The third-order valence-electron chi connectivity index (χ3n) is 0.495. The number of allylic oxidation sites excluding steroid dienone is 1. The lowest BCUT2D eigenvalue weighted by Crippen LogP contribution is -1.89. The number of carbonyl (C=O) groups is 1. The third kappa shape index (κ3) is 1.70. The van der Waals surface area contributed by atoms with Gasteiger partial charge in [-0.25, -0.2) is 0 Å². The summed E-state index contributed by atoms with van der Waals surface area (Å²) in [7, 11) is 0. The number of aldehydes is 1. The van der Waals surface area contributed by atoms with E-state index in [-0.39, 0.29) is 5.57 Å². The first-order valence-corrected chi connectivity index (χ1v) is 1.72. The Morgan fingerprint density at radius 3 is 2.29 bits per heavy atom. The highest BCUT2D eigenvalue weighted by atomic mass is 16.1. The number of nitrogens with one attached hydrogen (secondary N) is 1. The van der Waals surface area contributed by atoms with Gasteiger partial charge in [0, 0.05) is 18.0 Å². The molecular weight excluding hydrogens is 92.1 g/mol. The van der Waals surface area contributed by atoms with Crippen molar-refractivity contribution in [1.29, 1.82) is 5.41 Å². The van der Waals surface area contributed by atoms with Crippen LogP contribution in [0.4, 0.5) is 0 Å². The standard InChI is InChI=1S/C4H6N2O/c5-1-4(2-6)3-7/h1-3,5H,6H2/b4-2+,5-1?. The summed E-state index contributed by atoms with van der Waals surface area (Å²) in [6.45, 7) is 0. The van der Waals surface area contributed by atoms with Gasteiger partial charge in [-0.15, -0.1) is 0 Å². The number of hydrogen-bond acceptors (Lipinski definition) is 3. The van der Waals surface area contributed by atoms with E-state index in [1.54, 1.807) is 0 Å². The van der Waals surface area contributed by atoms with E-state index < -0.39 is 0 Å². The maximum Gasteiger partial charge on any atom is 0.153 e. The van der Waals surface area contributed by atoms with E-state index in [0.717, 1.165) is 12.4 Å². The minimum atomic E-state index is 0.194. The van der Waals surface area contributed by atoms with Gasteiger partial charge in [0.15, 0.2) is 6.29 Å². The quantitative estimate of drug-likeness (QED) is 0.282. The lowest BCUT2D eigenvalue weighted by molar-refractivity contribution is -0.104. The van der Waals surface area contributed by atoms with Crippen LogP contribution in [-0.2, 0) is 4.79 Å². The van der Waals surface area contributed by atoms with E-state index in [4.69, 9.17) is 11.1 Å². The summed E-state index contributed by atoms with van der Waals surface area (Å²) in [6, 6.07) is 0. The maximum absolute atomic E-state index is 9.67. The molecule has 0 heterocycles. The van der Waals surface area contributed by atoms with Crippen LogP contribution < -0.4 is 5.73 Å². The van der Waals surface area contributed by atoms with Gasteiger partial charge in [0.2, 0.25) is 0 Å². The van der Waals surface area contributed by atoms with Gasteiger partial charge >= 0.3 is 0 Å². The number of hydrogen-bond donors (Lipinski definition) is 2. The van der Waals surface area contributed by atoms with Crippen LogP contribution in [0.2, 0.25) is 0 Å². The Bertz CT molecular complexity index is 96.3. The van der Waals surface area contributed by atoms with Gasteiger partial charge in [0.05, 0.1) is 0 Å². The van der Waals surface area contributed by atoms with E-state index in [1.165, 1.54) is 0 Å². The zero-order valence-electron chi connectivity index (χ0n) is 3.72. The molecule has 0 saturated heterocycles. The van der Waals surface area contributed by atoms with Crippen molar-refractivity contribution in [2.75, 3.05) is 0 Å². The molecule has 0 fully saturated rings. The molecule has 3 heteroatoms. The van der Waals surface area contributed by atoms with Crippen molar-refractivity contribution in [3.63, 3.8) is 0 Å². The second kappa shape index (κ2) is 3.08. The fourth-order valence-electron chi connectivity index (χ4n) is 0.121. The molecule has 0 unspecified atom stereocenters. The first kappa shape index (κ1) is 5.88.